The molecule has 7 heteroatoms. The number of aromatic nitrogens is 2. The highest BCUT2D eigenvalue weighted by atomic mass is 35.5. The van der Waals surface area contributed by atoms with Gasteiger partial charge in [0.2, 0.25) is 0 Å². The molecule has 1 atom stereocenters. The molecule has 1 aliphatic heterocycles. The molecule has 1 N–H and O–H groups in total. The zero-order valence-corrected chi connectivity index (χ0v) is 14.7. The van der Waals surface area contributed by atoms with E-state index in [1.807, 2.05) is 33.3 Å². The summed E-state index contributed by atoms with van der Waals surface area (Å²) >= 11 is 0. The summed E-state index contributed by atoms with van der Waals surface area (Å²) in [6.07, 6.45) is 4.58. The molecular weight excluding hydrogens is 304 g/mol. The van der Waals surface area contributed by atoms with Crippen molar-refractivity contribution in [2.24, 2.45) is 12.5 Å². The van der Waals surface area contributed by atoms with Gasteiger partial charge in [0.05, 0.1) is 18.6 Å². The Balaban J connectivity index is 0.00000242. The Bertz CT molecular complexity index is 490. The minimum atomic E-state index is -0.453. The average molecular weight is 331 g/mol. The molecule has 2 rings (SSSR count). The smallest absolute Gasteiger partial charge is 0.311 e. The second-order valence-corrected chi connectivity index (χ2v) is 6.28. The number of esters is 1. The lowest BCUT2D eigenvalue weighted by atomic mass is 9.89. The van der Waals surface area contributed by atoms with Crippen molar-refractivity contribution in [1.29, 1.82) is 0 Å². The Hall–Kier alpha value is -1.11. The Morgan fingerprint density at radius 1 is 1.55 bits per heavy atom. The first-order chi connectivity index (χ1) is 9.95. The number of hydrogen-bond acceptors (Lipinski definition) is 5. The number of nitrogens with zero attached hydrogens (tertiary/aromatic N) is 3. The molecule has 1 saturated heterocycles. The molecule has 6 nitrogen and oxygen atoms in total. The predicted octanol–water partition coefficient (Wildman–Crippen LogP) is 1.38. The van der Waals surface area contributed by atoms with E-state index in [2.05, 4.69) is 19.8 Å². The van der Waals surface area contributed by atoms with Gasteiger partial charge in [-0.25, -0.2) is 4.98 Å². The Kier molecular flexibility index (Phi) is 6.84. The van der Waals surface area contributed by atoms with E-state index in [0.717, 1.165) is 38.4 Å². The summed E-state index contributed by atoms with van der Waals surface area (Å²) in [5.74, 6) is 0.921. The average Bonchev–Trinajstić information content (AvgIpc) is 2.90. The van der Waals surface area contributed by atoms with Crippen LogP contribution in [0, 0.1) is 5.41 Å². The molecule has 0 spiro atoms. The van der Waals surface area contributed by atoms with Gasteiger partial charge in [-0.15, -0.1) is 12.4 Å². The maximum atomic E-state index is 11.8. The number of ether oxygens (including phenoxy) is 1. The molecule has 1 unspecified atom stereocenters. The first-order valence-electron chi connectivity index (χ1n) is 7.46. The van der Waals surface area contributed by atoms with Crippen LogP contribution in [0.3, 0.4) is 0 Å². The van der Waals surface area contributed by atoms with Crippen LogP contribution in [0.4, 0.5) is 0 Å². The van der Waals surface area contributed by atoms with E-state index >= 15 is 0 Å². The van der Waals surface area contributed by atoms with Gasteiger partial charge >= 0.3 is 5.97 Å². The largest absolute Gasteiger partial charge is 0.469 e. The number of halogens is 1. The van der Waals surface area contributed by atoms with Crippen molar-refractivity contribution in [1.82, 2.24) is 19.8 Å². The van der Waals surface area contributed by atoms with Gasteiger partial charge in [0.1, 0.15) is 5.82 Å². The van der Waals surface area contributed by atoms with Gasteiger partial charge < -0.3 is 14.6 Å². The summed E-state index contributed by atoms with van der Waals surface area (Å²) in [7, 11) is 3.47. The van der Waals surface area contributed by atoms with Crippen LogP contribution in [-0.2, 0) is 16.6 Å². The number of nitrogens with one attached hydrogen (secondary N) is 1. The Morgan fingerprint density at radius 3 is 2.86 bits per heavy atom. The van der Waals surface area contributed by atoms with Crippen molar-refractivity contribution in [3.63, 3.8) is 0 Å². The SMILES string of the molecule is COC(=O)C(C)(C)CCN1CCNCC1c1nccn1C.Cl. The predicted molar refractivity (Wildman–Crippen MR) is 88.1 cm³/mol. The third-order valence-electron chi connectivity index (χ3n) is 4.27. The van der Waals surface area contributed by atoms with Crippen molar-refractivity contribution in [3.8, 4) is 0 Å². The summed E-state index contributed by atoms with van der Waals surface area (Å²) in [4.78, 5) is 18.7. The summed E-state index contributed by atoms with van der Waals surface area (Å²) in [6.45, 7) is 7.58. The molecule has 22 heavy (non-hydrogen) atoms. The fraction of sp³-hybridized carbons (Fsp3) is 0.733. The third-order valence-corrected chi connectivity index (χ3v) is 4.27. The van der Waals surface area contributed by atoms with Gasteiger partial charge in [-0.1, -0.05) is 0 Å². The van der Waals surface area contributed by atoms with Crippen molar-refractivity contribution >= 4 is 18.4 Å². The number of carbonyl (C=O) groups excluding carboxylic acids is 1. The van der Waals surface area contributed by atoms with E-state index in [1.165, 1.54) is 7.11 Å². The zero-order valence-electron chi connectivity index (χ0n) is 13.8. The van der Waals surface area contributed by atoms with Crippen LogP contribution in [0.1, 0.15) is 32.1 Å². The van der Waals surface area contributed by atoms with Crippen LogP contribution in [-0.4, -0.2) is 53.7 Å². The maximum Gasteiger partial charge on any atom is 0.311 e. The highest BCUT2D eigenvalue weighted by Crippen LogP contribution is 2.26. The number of carbonyl (C=O) groups is 1. The lowest BCUT2D eigenvalue weighted by Crippen LogP contribution is -2.48. The molecule has 126 valence electrons. The van der Waals surface area contributed by atoms with Gasteiger partial charge in [0.25, 0.3) is 0 Å². The lowest BCUT2D eigenvalue weighted by molar-refractivity contribution is -0.151. The molecule has 0 aliphatic carbocycles. The molecule has 2 heterocycles. The first-order valence-corrected chi connectivity index (χ1v) is 7.46. The van der Waals surface area contributed by atoms with Crippen molar-refractivity contribution in [2.75, 3.05) is 33.3 Å². The highest BCUT2D eigenvalue weighted by molar-refractivity contribution is 5.85. The third kappa shape index (κ3) is 4.21. The Morgan fingerprint density at radius 2 is 2.27 bits per heavy atom. The zero-order chi connectivity index (χ0) is 15.5. The van der Waals surface area contributed by atoms with E-state index in [-0.39, 0.29) is 24.4 Å². The molecule has 0 amide bonds. The molecule has 0 radical (unpaired) electrons. The molecule has 0 saturated carbocycles. The van der Waals surface area contributed by atoms with Crippen LogP contribution in [0.15, 0.2) is 12.4 Å². The van der Waals surface area contributed by atoms with Crippen LogP contribution < -0.4 is 5.32 Å². The molecule has 0 bridgehead atoms. The van der Waals surface area contributed by atoms with Gasteiger partial charge in [0.15, 0.2) is 0 Å². The molecule has 1 aliphatic rings. The quantitative estimate of drug-likeness (QED) is 0.826. The normalized spacial score (nSPS) is 19.5. The van der Waals surface area contributed by atoms with Crippen molar-refractivity contribution in [2.45, 2.75) is 26.3 Å². The van der Waals surface area contributed by atoms with Gasteiger partial charge in [-0.2, -0.15) is 0 Å². The van der Waals surface area contributed by atoms with Crippen molar-refractivity contribution in [3.05, 3.63) is 18.2 Å². The van der Waals surface area contributed by atoms with E-state index in [1.54, 1.807) is 0 Å². The minimum absolute atomic E-state index is 0. The first kappa shape index (κ1) is 18.9. The molecule has 1 aromatic heterocycles. The minimum Gasteiger partial charge on any atom is -0.469 e. The number of piperazine rings is 1. The molecule has 1 aromatic rings. The molecule has 0 aromatic carbocycles. The van der Waals surface area contributed by atoms with Crippen LogP contribution in [0.5, 0.6) is 0 Å². The summed E-state index contributed by atoms with van der Waals surface area (Å²) < 4.78 is 6.95. The van der Waals surface area contributed by atoms with Crippen LogP contribution >= 0.6 is 12.4 Å². The molecular formula is C15H27ClN4O2. The highest BCUT2D eigenvalue weighted by Gasteiger charge is 2.32. The van der Waals surface area contributed by atoms with E-state index < -0.39 is 5.41 Å². The van der Waals surface area contributed by atoms with Crippen LogP contribution in [0.2, 0.25) is 0 Å². The fourth-order valence-corrected chi connectivity index (χ4v) is 2.77. The fourth-order valence-electron chi connectivity index (χ4n) is 2.77. The van der Waals surface area contributed by atoms with Gasteiger partial charge in [-0.3, -0.25) is 9.69 Å². The summed E-state index contributed by atoms with van der Waals surface area (Å²) in [6, 6.07) is 0.257. The summed E-state index contributed by atoms with van der Waals surface area (Å²) in [5, 5.41) is 3.42. The topological polar surface area (TPSA) is 59.4 Å². The maximum absolute atomic E-state index is 11.8. The van der Waals surface area contributed by atoms with E-state index in [4.69, 9.17) is 4.74 Å². The number of aryl methyl sites for hydroxylation is 1. The summed E-state index contributed by atoms with van der Waals surface area (Å²) in [5.41, 5.74) is -0.453. The van der Waals surface area contributed by atoms with Gasteiger partial charge in [0, 0.05) is 45.6 Å². The van der Waals surface area contributed by atoms with E-state index in [9.17, 15) is 4.79 Å². The lowest BCUT2D eigenvalue weighted by Gasteiger charge is -2.37. The Labute approximate surface area is 138 Å². The van der Waals surface area contributed by atoms with E-state index in [0.29, 0.717) is 0 Å². The second-order valence-electron chi connectivity index (χ2n) is 6.28. The van der Waals surface area contributed by atoms with Gasteiger partial charge in [-0.05, 0) is 20.3 Å². The van der Waals surface area contributed by atoms with Crippen LogP contribution in [0.25, 0.3) is 0 Å². The molecule has 1 fully saturated rings. The number of methoxy groups -OCH3 is 1. The number of imidazole rings is 1. The number of rotatable bonds is 5. The second kappa shape index (κ2) is 7.94. The monoisotopic (exact) mass is 330 g/mol. The standard InChI is InChI=1S/C15H26N4O2.ClH/c1-15(2,14(20)21-4)5-8-19-10-6-16-11-12(19)13-17-7-9-18(13)3;/h7,9,12,16H,5-6,8,10-11H2,1-4H3;1H. The van der Waals surface area contributed by atoms with Crippen molar-refractivity contribution < 1.29 is 9.53 Å². The number of hydrogen-bond donors (Lipinski definition) is 1.